The summed E-state index contributed by atoms with van der Waals surface area (Å²) in [6, 6.07) is 9.41. The fourth-order valence-electron chi connectivity index (χ4n) is 3.72. The number of halogens is 3. The van der Waals surface area contributed by atoms with Crippen molar-refractivity contribution in [3.8, 4) is 22.5 Å². The van der Waals surface area contributed by atoms with E-state index in [4.69, 9.17) is 0 Å². The zero-order chi connectivity index (χ0) is 21.4. The molecule has 4 aromatic rings. The second-order valence-electron chi connectivity index (χ2n) is 7.52. The molecule has 0 spiro atoms. The Morgan fingerprint density at radius 1 is 1.00 bits per heavy atom. The minimum Gasteiger partial charge on any atom is -0.293 e. The Kier molecular flexibility index (Phi) is 5.37. The average Bonchev–Trinajstić information content (AvgIpc) is 3.45. The third-order valence-electron chi connectivity index (χ3n) is 5.37. The van der Waals surface area contributed by atoms with Crippen molar-refractivity contribution in [3.63, 3.8) is 0 Å². The first-order valence-corrected chi connectivity index (χ1v) is 11.6. The number of alkyl halides is 3. The van der Waals surface area contributed by atoms with Crippen LogP contribution in [0.3, 0.4) is 0 Å². The molecule has 31 heavy (non-hydrogen) atoms. The molecule has 0 N–H and O–H groups in total. The van der Waals surface area contributed by atoms with Crippen LogP contribution in [0, 0.1) is 0 Å². The van der Waals surface area contributed by atoms with Gasteiger partial charge in [-0.1, -0.05) is 12.1 Å². The summed E-state index contributed by atoms with van der Waals surface area (Å²) in [5.41, 5.74) is 4.52. The standard InChI is InChI=1S/C23H18F3N3S2/c24-23(25,26)19-3-1-15(2-4-19)22-27-10-18-11-29(7-5-21(18)28-22)12-20-9-17(14-31-20)16-6-8-30-13-16/h1-4,6,8-10,13-14H,5,7,11-12H2. The van der Waals surface area contributed by atoms with Gasteiger partial charge >= 0.3 is 6.18 Å². The molecule has 0 aliphatic carbocycles. The first-order chi connectivity index (χ1) is 15.0. The highest BCUT2D eigenvalue weighted by atomic mass is 32.1. The number of hydrogen-bond acceptors (Lipinski definition) is 5. The van der Waals surface area contributed by atoms with Crippen molar-refractivity contribution in [1.82, 2.24) is 14.9 Å². The fourth-order valence-corrected chi connectivity index (χ4v) is 5.32. The van der Waals surface area contributed by atoms with Crippen molar-refractivity contribution >= 4 is 22.7 Å². The van der Waals surface area contributed by atoms with Crippen molar-refractivity contribution in [2.24, 2.45) is 0 Å². The van der Waals surface area contributed by atoms with E-state index in [1.54, 1.807) is 22.7 Å². The zero-order valence-electron chi connectivity index (χ0n) is 16.4. The molecule has 0 bridgehead atoms. The van der Waals surface area contributed by atoms with Crippen molar-refractivity contribution in [2.75, 3.05) is 6.54 Å². The number of aromatic nitrogens is 2. The molecule has 0 radical (unpaired) electrons. The molecule has 1 aliphatic heterocycles. The third-order valence-corrected chi connectivity index (χ3v) is 6.98. The monoisotopic (exact) mass is 457 g/mol. The van der Waals surface area contributed by atoms with Gasteiger partial charge in [0.15, 0.2) is 5.82 Å². The van der Waals surface area contributed by atoms with Gasteiger partial charge in [0.25, 0.3) is 0 Å². The SMILES string of the molecule is FC(F)(F)c1ccc(-c2ncc3c(n2)CCN(Cc2cc(-c4ccsc4)cs2)C3)cc1. The largest absolute Gasteiger partial charge is 0.416 e. The van der Waals surface area contributed by atoms with E-state index < -0.39 is 11.7 Å². The molecule has 0 atom stereocenters. The van der Waals surface area contributed by atoms with E-state index in [0.717, 1.165) is 49.4 Å². The molecule has 3 aromatic heterocycles. The molecule has 5 rings (SSSR count). The second-order valence-corrected chi connectivity index (χ2v) is 9.29. The lowest BCUT2D eigenvalue weighted by Gasteiger charge is -2.27. The van der Waals surface area contributed by atoms with Gasteiger partial charge in [-0.2, -0.15) is 24.5 Å². The van der Waals surface area contributed by atoms with Crippen LogP contribution in [-0.4, -0.2) is 21.4 Å². The summed E-state index contributed by atoms with van der Waals surface area (Å²) >= 11 is 3.48. The molecule has 1 aromatic carbocycles. The van der Waals surface area contributed by atoms with E-state index >= 15 is 0 Å². The zero-order valence-corrected chi connectivity index (χ0v) is 18.0. The van der Waals surface area contributed by atoms with Crippen molar-refractivity contribution < 1.29 is 13.2 Å². The number of nitrogens with zero attached hydrogens (tertiary/aromatic N) is 3. The summed E-state index contributed by atoms with van der Waals surface area (Å²) in [4.78, 5) is 12.8. The molecule has 0 amide bonds. The van der Waals surface area contributed by atoms with Crippen LogP contribution in [0.25, 0.3) is 22.5 Å². The van der Waals surface area contributed by atoms with Crippen LogP contribution in [0.1, 0.15) is 21.7 Å². The van der Waals surface area contributed by atoms with Gasteiger partial charge in [0, 0.05) is 48.3 Å². The predicted molar refractivity (Wildman–Crippen MR) is 118 cm³/mol. The van der Waals surface area contributed by atoms with Crippen molar-refractivity contribution in [2.45, 2.75) is 25.7 Å². The maximum Gasteiger partial charge on any atom is 0.416 e. The van der Waals surface area contributed by atoms with Gasteiger partial charge in [-0.25, -0.2) is 9.97 Å². The lowest BCUT2D eigenvalue weighted by Crippen LogP contribution is -2.30. The molecule has 4 heterocycles. The van der Waals surface area contributed by atoms with Crippen molar-refractivity contribution in [3.05, 3.63) is 80.4 Å². The highest BCUT2D eigenvalue weighted by Crippen LogP contribution is 2.31. The number of hydrogen-bond donors (Lipinski definition) is 0. The minimum atomic E-state index is -4.34. The number of fused-ring (bicyclic) bond motifs is 1. The van der Waals surface area contributed by atoms with Crippen LogP contribution < -0.4 is 0 Å². The quantitative estimate of drug-likeness (QED) is 0.350. The molecule has 0 fully saturated rings. The molecule has 0 unspecified atom stereocenters. The van der Waals surface area contributed by atoms with Crippen LogP contribution in [0.5, 0.6) is 0 Å². The highest BCUT2D eigenvalue weighted by Gasteiger charge is 2.30. The summed E-state index contributed by atoms with van der Waals surface area (Å²) in [6.45, 7) is 2.55. The third kappa shape index (κ3) is 4.42. The lowest BCUT2D eigenvalue weighted by molar-refractivity contribution is -0.137. The average molecular weight is 458 g/mol. The van der Waals surface area contributed by atoms with Crippen LogP contribution >= 0.6 is 22.7 Å². The first-order valence-electron chi connectivity index (χ1n) is 9.80. The topological polar surface area (TPSA) is 29.0 Å². The van der Waals surface area contributed by atoms with Crippen LogP contribution in [0.15, 0.2) is 58.7 Å². The molecule has 8 heteroatoms. The van der Waals surface area contributed by atoms with Gasteiger partial charge in [0.1, 0.15) is 0 Å². The molecule has 3 nitrogen and oxygen atoms in total. The Morgan fingerprint density at radius 2 is 1.84 bits per heavy atom. The number of thiophene rings is 2. The lowest BCUT2D eigenvalue weighted by atomic mass is 10.1. The molecular formula is C23H18F3N3S2. The van der Waals surface area contributed by atoms with E-state index in [2.05, 4.69) is 43.1 Å². The summed E-state index contributed by atoms with van der Waals surface area (Å²) in [5, 5.41) is 6.45. The summed E-state index contributed by atoms with van der Waals surface area (Å²) in [6.07, 6.45) is -1.73. The highest BCUT2D eigenvalue weighted by molar-refractivity contribution is 7.10. The Morgan fingerprint density at radius 3 is 2.58 bits per heavy atom. The van der Waals surface area contributed by atoms with Crippen LogP contribution in [-0.2, 0) is 25.7 Å². The van der Waals surface area contributed by atoms with Crippen molar-refractivity contribution in [1.29, 1.82) is 0 Å². The Hall–Kier alpha value is -2.55. The first kappa shape index (κ1) is 20.4. The van der Waals surface area contributed by atoms with E-state index in [1.165, 1.54) is 28.1 Å². The summed E-state index contributed by atoms with van der Waals surface area (Å²) in [7, 11) is 0. The maximum atomic E-state index is 12.8. The number of rotatable bonds is 4. The fraction of sp³-hybridized carbons (Fsp3) is 0.217. The second kappa shape index (κ2) is 8.18. The molecule has 158 valence electrons. The summed E-state index contributed by atoms with van der Waals surface area (Å²) in [5.74, 6) is 0.472. The van der Waals surface area contributed by atoms with Gasteiger partial charge in [-0.3, -0.25) is 4.90 Å². The van der Waals surface area contributed by atoms with Gasteiger partial charge in [-0.15, -0.1) is 11.3 Å². The van der Waals surface area contributed by atoms with Gasteiger partial charge in [0.05, 0.1) is 11.3 Å². The van der Waals surface area contributed by atoms with E-state index in [9.17, 15) is 13.2 Å². The number of benzene rings is 1. The smallest absolute Gasteiger partial charge is 0.293 e. The molecule has 1 aliphatic rings. The van der Waals surface area contributed by atoms with E-state index in [0.29, 0.717) is 11.4 Å². The van der Waals surface area contributed by atoms with E-state index in [-0.39, 0.29) is 0 Å². The molecular weight excluding hydrogens is 439 g/mol. The van der Waals surface area contributed by atoms with Gasteiger partial charge in [-0.05, 0) is 51.5 Å². The molecule has 0 saturated carbocycles. The summed E-state index contributed by atoms with van der Waals surface area (Å²) < 4.78 is 38.3. The van der Waals surface area contributed by atoms with E-state index in [1.807, 2.05) is 6.20 Å². The Bertz CT molecular complexity index is 1180. The van der Waals surface area contributed by atoms with Crippen LogP contribution in [0.2, 0.25) is 0 Å². The maximum absolute atomic E-state index is 12.8. The minimum absolute atomic E-state index is 0.472. The van der Waals surface area contributed by atoms with Gasteiger partial charge in [0.2, 0.25) is 0 Å². The normalized spacial score (nSPS) is 14.5. The molecule has 0 saturated heterocycles. The predicted octanol–water partition coefficient (Wildman–Crippen LogP) is 6.51. The van der Waals surface area contributed by atoms with Crippen LogP contribution in [0.4, 0.5) is 13.2 Å². The van der Waals surface area contributed by atoms with Gasteiger partial charge < -0.3 is 0 Å². The Balaban J connectivity index is 1.28. The Labute approximate surface area is 185 Å².